The third kappa shape index (κ3) is 4.15. The average Bonchev–Trinajstić information content (AvgIpc) is 3.47. The summed E-state index contributed by atoms with van der Waals surface area (Å²) in [4.78, 5) is 46.5. The lowest BCUT2D eigenvalue weighted by Crippen LogP contribution is -2.50. The maximum absolute atomic E-state index is 13.1. The Bertz CT molecular complexity index is 904. The predicted octanol–water partition coefficient (Wildman–Crippen LogP) is 2.28. The van der Waals surface area contributed by atoms with Crippen LogP contribution >= 0.6 is 0 Å². The lowest BCUT2D eigenvalue weighted by molar-refractivity contribution is -0.137. The number of carbonyl (C=O) groups excluding carboxylic acids is 3. The average molecular weight is 439 g/mol. The molecule has 0 unspecified atom stereocenters. The third-order valence-corrected chi connectivity index (χ3v) is 7.45. The van der Waals surface area contributed by atoms with Gasteiger partial charge in [-0.1, -0.05) is 13.3 Å². The molecule has 1 aromatic carbocycles. The summed E-state index contributed by atoms with van der Waals surface area (Å²) in [7, 11) is 0. The SMILES string of the molecule is CCCCN1CCN(C(=O)[C@H]2CC(=O)N(c3ccc4c(c3)CCN4C(=O)C3CC3)C2)CC1. The Morgan fingerprint density at radius 1 is 1.00 bits per heavy atom. The van der Waals surface area contributed by atoms with Gasteiger partial charge < -0.3 is 14.7 Å². The van der Waals surface area contributed by atoms with Gasteiger partial charge in [-0.3, -0.25) is 19.3 Å². The van der Waals surface area contributed by atoms with Crippen LogP contribution in [0.1, 0.15) is 44.6 Å². The van der Waals surface area contributed by atoms with Gasteiger partial charge >= 0.3 is 0 Å². The smallest absolute Gasteiger partial charge is 0.230 e. The number of rotatable bonds is 6. The summed E-state index contributed by atoms with van der Waals surface area (Å²) in [5.41, 5.74) is 2.97. The zero-order chi connectivity index (χ0) is 22.2. The molecule has 3 fully saturated rings. The van der Waals surface area contributed by atoms with Crippen molar-refractivity contribution < 1.29 is 14.4 Å². The van der Waals surface area contributed by atoms with E-state index in [-0.39, 0.29) is 36.0 Å². The number of hydrogen-bond acceptors (Lipinski definition) is 4. The van der Waals surface area contributed by atoms with Gasteiger partial charge in [-0.25, -0.2) is 0 Å². The van der Waals surface area contributed by atoms with Crippen LogP contribution in [0, 0.1) is 11.8 Å². The normalized spacial score (nSPS) is 23.7. The number of amides is 3. The van der Waals surface area contributed by atoms with E-state index >= 15 is 0 Å². The van der Waals surface area contributed by atoms with Crippen LogP contribution in [-0.2, 0) is 20.8 Å². The van der Waals surface area contributed by atoms with Crippen molar-refractivity contribution in [3.8, 4) is 0 Å². The summed E-state index contributed by atoms with van der Waals surface area (Å²) in [6.07, 6.45) is 5.53. The van der Waals surface area contributed by atoms with Crippen LogP contribution in [0.25, 0.3) is 0 Å². The van der Waals surface area contributed by atoms with Gasteiger partial charge in [-0.2, -0.15) is 0 Å². The molecule has 2 saturated heterocycles. The minimum atomic E-state index is -0.258. The molecule has 7 heteroatoms. The highest BCUT2D eigenvalue weighted by Crippen LogP contribution is 2.38. The van der Waals surface area contributed by atoms with E-state index in [1.165, 1.54) is 12.8 Å². The van der Waals surface area contributed by atoms with E-state index in [0.717, 1.165) is 75.5 Å². The van der Waals surface area contributed by atoms with Gasteiger partial charge in [0.15, 0.2) is 0 Å². The molecule has 4 aliphatic rings. The Morgan fingerprint density at radius 2 is 1.78 bits per heavy atom. The quantitative estimate of drug-likeness (QED) is 0.684. The lowest BCUT2D eigenvalue weighted by Gasteiger charge is -2.35. The second-order valence-corrected chi connectivity index (χ2v) is 9.75. The van der Waals surface area contributed by atoms with Crippen LogP contribution in [0.15, 0.2) is 18.2 Å². The van der Waals surface area contributed by atoms with E-state index in [1.54, 1.807) is 4.90 Å². The fraction of sp³-hybridized carbons (Fsp3) is 0.640. The van der Waals surface area contributed by atoms with Crippen molar-refractivity contribution in [1.29, 1.82) is 0 Å². The Kier molecular flexibility index (Phi) is 5.93. The summed E-state index contributed by atoms with van der Waals surface area (Å²) in [5, 5.41) is 0. The van der Waals surface area contributed by atoms with E-state index in [4.69, 9.17) is 0 Å². The minimum Gasteiger partial charge on any atom is -0.340 e. The maximum atomic E-state index is 13.1. The first-order chi connectivity index (χ1) is 15.5. The molecule has 3 aliphatic heterocycles. The monoisotopic (exact) mass is 438 g/mol. The van der Waals surface area contributed by atoms with Crippen LogP contribution in [0.3, 0.4) is 0 Å². The van der Waals surface area contributed by atoms with Crippen molar-refractivity contribution >= 4 is 29.1 Å². The number of piperazine rings is 1. The molecule has 5 rings (SSSR count). The van der Waals surface area contributed by atoms with Crippen LogP contribution < -0.4 is 9.80 Å². The molecular weight excluding hydrogens is 404 g/mol. The highest BCUT2D eigenvalue weighted by atomic mass is 16.2. The molecule has 1 saturated carbocycles. The molecule has 0 N–H and O–H groups in total. The zero-order valence-corrected chi connectivity index (χ0v) is 19.1. The third-order valence-electron chi connectivity index (χ3n) is 7.45. The summed E-state index contributed by atoms with van der Waals surface area (Å²) in [5.74, 6) is 0.341. The molecule has 1 aromatic rings. The first-order valence-corrected chi connectivity index (χ1v) is 12.3. The molecule has 32 heavy (non-hydrogen) atoms. The van der Waals surface area contributed by atoms with Gasteiger partial charge in [0, 0.05) is 63.0 Å². The zero-order valence-electron chi connectivity index (χ0n) is 19.1. The second kappa shape index (κ2) is 8.85. The molecule has 0 spiro atoms. The van der Waals surface area contributed by atoms with Gasteiger partial charge in [0.2, 0.25) is 17.7 Å². The van der Waals surface area contributed by atoms with Crippen LogP contribution in [0.2, 0.25) is 0 Å². The van der Waals surface area contributed by atoms with Crippen LogP contribution in [0.5, 0.6) is 0 Å². The van der Waals surface area contributed by atoms with Crippen molar-refractivity contribution in [1.82, 2.24) is 9.80 Å². The molecule has 0 radical (unpaired) electrons. The highest BCUT2D eigenvalue weighted by molar-refractivity contribution is 6.02. The Balaban J connectivity index is 1.21. The van der Waals surface area contributed by atoms with Crippen LogP contribution in [-0.4, -0.2) is 73.3 Å². The van der Waals surface area contributed by atoms with E-state index in [1.807, 2.05) is 28.0 Å². The lowest BCUT2D eigenvalue weighted by atomic mass is 10.1. The van der Waals surface area contributed by atoms with Gasteiger partial charge in [0.05, 0.1) is 5.92 Å². The predicted molar refractivity (Wildman–Crippen MR) is 124 cm³/mol. The summed E-state index contributed by atoms with van der Waals surface area (Å²) < 4.78 is 0. The van der Waals surface area contributed by atoms with Gasteiger partial charge in [-0.05, 0) is 56.0 Å². The summed E-state index contributed by atoms with van der Waals surface area (Å²) >= 11 is 0. The van der Waals surface area contributed by atoms with Crippen molar-refractivity contribution in [2.24, 2.45) is 11.8 Å². The molecule has 1 aliphatic carbocycles. The largest absolute Gasteiger partial charge is 0.340 e. The minimum absolute atomic E-state index is 0.0220. The fourth-order valence-corrected chi connectivity index (χ4v) is 5.29. The molecule has 3 amide bonds. The molecule has 0 aromatic heterocycles. The van der Waals surface area contributed by atoms with Gasteiger partial charge in [0.1, 0.15) is 0 Å². The Hall–Kier alpha value is -2.41. The molecule has 3 heterocycles. The van der Waals surface area contributed by atoms with E-state index in [0.29, 0.717) is 6.54 Å². The van der Waals surface area contributed by atoms with Crippen molar-refractivity contribution in [2.75, 3.05) is 55.6 Å². The van der Waals surface area contributed by atoms with Crippen molar-refractivity contribution in [2.45, 2.75) is 45.4 Å². The standard InChI is InChI=1S/C25H34N4O3/c1-2-3-9-26-11-13-27(14-12-26)24(31)20-16-23(30)29(17-20)21-6-7-22-19(15-21)8-10-28(22)25(32)18-4-5-18/h6-7,15,18,20H,2-5,8-14,16-17H2,1H3/t20-/m0/s1. The summed E-state index contributed by atoms with van der Waals surface area (Å²) in [6, 6.07) is 5.97. The van der Waals surface area contributed by atoms with E-state index in [2.05, 4.69) is 11.8 Å². The van der Waals surface area contributed by atoms with Gasteiger partial charge in [-0.15, -0.1) is 0 Å². The number of fused-ring (bicyclic) bond motifs is 1. The highest BCUT2D eigenvalue weighted by Gasteiger charge is 2.39. The number of carbonyl (C=O) groups is 3. The summed E-state index contributed by atoms with van der Waals surface area (Å²) in [6.45, 7) is 7.87. The molecule has 172 valence electrons. The number of anilines is 2. The van der Waals surface area contributed by atoms with E-state index in [9.17, 15) is 14.4 Å². The Morgan fingerprint density at radius 3 is 2.50 bits per heavy atom. The second-order valence-electron chi connectivity index (χ2n) is 9.75. The molecule has 0 bridgehead atoms. The van der Waals surface area contributed by atoms with Gasteiger partial charge in [0.25, 0.3) is 0 Å². The van der Waals surface area contributed by atoms with Crippen molar-refractivity contribution in [3.05, 3.63) is 23.8 Å². The van der Waals surface area contributed by atoms with Crippen LogP contribution in [0.4, 0.5) is 11.4 Å². The molecule has 1 atom stereocenters. The number of hydrogen-bond donors (Lipinski definition) is 0. The first kappa shape index (κ1) is 21.4. The molecular formula is C25H34N4O3. The number of benzene rings is 1. The Labute approximate surface area is 190 Å². The topological polar surface area (TPSA) is 64.2 Å². The number of unbranched alkanes of at least 4 members (excludes halogenated alkanes) is 1. The first-order valence-electron chi connectivity index (χ1n) is 12.3. The maximum Gasteiger partial charge on any atom is 0.230 e. The number of nitrogens with zero attached hydrogens (tertiary/aromatic N) is 4. The van der Waals surface area contributed by atoms with Crippen molar-refractivity contribution in [3.63, 3.8) is 0 Å². The van der Waals surface area contributed by atoms with E-state index < -0.39 is 0 Å². The fourth-order valence-electron chi connectivity index (χ4n) is 5.29. The molecule has 7 nitrogen and oxygen atoms in total.